The van der Waals surface area contributed by atoms with Gasteiger partial charge in [-0.05, 0) is 31.9 Å². The number of carbonyl (C=O) groups is 3. The van der Waals surface area contributed by atoms with Crippen LogP contribution in [0.25, 0.3) is 0 Å². The second-order valence-electron chi connectivity index (χ2n) is 6.27. The smallest absolute Gasteiger partial charge is 0.184 e. The Morgan fingerprint density at radius 1 is 1.17 bits per heavy atom. The van der Waals surface area contributed by atoms with E-state index in [0.29, 0.717) is 12.0 Å². The first kappa shape index (κ1) is 16.8. The van der Waals surface area contributed by atoms with E-state index in [9.17, 15) is 22.8 Å². The van der Waals surface area contributed by atoms with Crippen LogP contribution >= 0.6 is 0 Å². The van der Waals surface area contributed by atoms with Gasteiger partial charge in [0.15, 0.2) is 27.2 Å². The second kappa shape index (κ2) is 5.81. The normalized spacial score (nSPS) is 23.2. The zero-order valence-corrected chi connectivity index (χ0v) is 14.3. The number of methoxy groups -OCH3 is 1. The molecule has 0 saturated heterocycles. The number of hydrogen-bond acceptors (Lipinski definition) is 6. The van der Waals surface area contributed by atoms with Crippen molar-refractivity contribution in [3.05, 3.63) is 23.3 Å². The fourth-order valence-corrected chi connectivity index (χ4v) is 5.06. The Morgan fingerprint density at radius 2 is 1.79 bits per heavy atom. The van der Waals surface area contributed by atoms with Crippen molar-refractivity contribution in [2.24, 2.45) is 5.92 Å². The number of ether oxygens (including phenoxy) is 1. The molecule has 1 aliphatic heterocycles. The van der Waals surface area contributed by atoms with E-state index in [2.05, 4.69) is 0 Å². The summed E-state index contributed by atoms with van der Waals surface area (Å²) in [5, 5.41) is -0.593. The highest BCUT2D eigenvalue weighted by Gasteiger charge is 2.41. The first-order valence-corrected chi connectivity index (χ1v) is 9.37. The van der Waals surface area contributed by atoms with Crippen molar-refractivity contribution in [3.8, 4) is 5.75 Å². The first-order valence-electron chi connectivity index (χ1n) is 7.82. The van der Waals surface area contributed by atoms with Gasteiger partial charge in [-0.25, -0.2) is 8.42 Å². The summed E-state index contributed by atoms with van der Waals surface area (Å²) in [5.74, 6) is -2.47. The first-order chi connectivity index (χ1) is 11.3. The topological polar surface area (TPSA) is 94.6 Å². The van der Waals surface area contributed by atoms with E-state index in [0.717, 1.165) is 0 Å². The quantitative estimate of drug-likeness (QED) is 0.606. The van der Waals surface area contributed by atoms with Crippen LogP contribution in [0.1, 0.15) is 42.1 Å². The number of sulfone groups is 1. The van der Waals surface area contributed by atoms with Gasteiger partial charge in [0.2, 0.25) is 0 Å². The minimum atomic E-state index is -3.43. The van der Waals surface area contributed by atoms with Crippen LogP contribution in [0.3, 0.4) is 0 Å². The third-order valence-corrected chi connectivity index (χ3v) is 6.99. The molecule has 1 saturated carbocycles. The Bertz CT molecular complexity index is 836. The predicted molar refractivity (Wildman–Crippen MR) is 85.0 cm³/mol. The molecule has 1 fully saturated rings. The second-order valence-corrected chi connectivity index (χ2v) is 8.60. The zero-order chi connectivity index (χ0) is 17.6. The fraction of sp³-hybridized carbons (Fsp3) is 0.471. The Morgan fingerprint density at radius 3 is 2.38 bits per heavy atom. The molecule has 1 heterocycles. The molecular formula is C17H18O6S. The van der Waals surface area contributed by atoms with E-state index in [4.69, 9.17) is 4.74 Å². The molecule has 2 aliphatic rings. The van der Waals surface area contributed by atoms with E-state index < -0.39 is 26.8 Å². The van der Waals surface area contributed by atoms with Gasteiger partial charge in [0.05, 0.1) is 22.8 Å². The molecule has 0 spiro atoms. The molecule has 1 aromatic carbocycles. The van der Waals surface area contributed by atoms with Gasteiger partial charge in [0, 0.05) is 18.4 Å². The number of hydrogen-bond donors (Lipinski definition) is 0. The molecule has 1 unspecified atom stereocenters. The van der Waals surface area contributed by atoms with E-state index in [1.807, 2.05) is 0 Å². The average molecular weight is 350 g/mol. The van der Waals surface area contributed by atoms with Crippen LogP contribution in [0.5, 0.6) is 5.75 Å². The lowest BCUT2D eigenvalue weighted by molar-refractivity contribution is -0.133. The molecule has 6 nitrogen and oxygen atoms in total. The lowest BCUT2D eigenvalue weighted by Gasteiger charge is -2.20. The molecule has 128 valence electrons. The van der Waals surface area contributed by atoms with Crippen molar-refractivity contribution >= 4 is 27.2 Å². The molecule has 0 amide bonds. The van der Waals surface area contributed by atoms with E-state index in [1.165, 1.54) is 19.2 Å². The van der Waals surface area contributed by atoms with Gasteiger partial charge in [-0.2, -0.15) is 0 Å². The highest BCUT2D eigenvalue weighted by atomic mass is 32.2. The largest absolute Gasteiger partial charge is 0.496 e. The monoisotopic (exact) mass is 350 g/mol. The molecule has 1 atom stereocenters. The van der Waals surface area contributed by atoms with Crippen molar-refractivity contribution in [2.45, 2.75) is 42.8 Å². The molecule has 1 aliphatic carbocycles. The summed E-state index contributed by atoms with van der Waals surface area (Å²) in [5.41, 5.74) is 0.556. The molecule has 0 bridgehead atoms. The lowest BCUT2D eigenvalue weighted by atomic mass is 9.81. The summed E-state index contributed by atoms with van der Waals surface area (Å²) in [6, 6.07) is 2.73. The highest BCUT2D eigenvalue weighted by Crippen LogP contribution is 2.40. The number of benzene rings is 1. The van der Waals surface area contributed by atoms with Crippen LogP contribution in [0, 0.1) is 5.92 Å². The Labute approximate surface area is 140 Å². The Kier molecular flexibility index (Phi) is 4.07. The van der Waals surface area contributed by atoms with Crippen LogP contribution in [-0.4, -0.2) is 38.1 Å². The molecule has 0 N–H and O–H groups in total. The Balaban J connectivity index is 2.10. The van der Waals surface area contributed by atoms with Gasteiger partial charge >= 0.3 is 0 Å². The SMILES string of the molecule is COc1c(C(=O)C2C(=O)CCCC2=O)ccc2c1CC(C)S2(=O)=O. The fourth-order valence-electron chi connectivity index (χ4n) is 3.46. The summed E-state index contributed by atoms with van der Waals surface area (Å²) in [7, 11) is -2.08. The van der Waals surface area contributed by atoms with E-state index in [-0.39, 0.29) is 47.0 Å². The summed E-state index contributed by atoms with van der Waals surface area (Å²) < 4.78 is 29.9. The molecule has 3 rings (SSSR count). The van der Waals surface area contributed by atoms with Gasteiger partial charge in [0.1, 0.15) is 11.7 Å². The van der Waals surface area contributed by atoms with Crippen molar-refractivity contribution in [3.63, 3.8) is 0 Å². The number of Topliss-reactive ketones (excluding diaryl/α,β-unsaturated/α-hetero) is 3. The van der Waals surface area contributed by atoms with Crippen molar-refractivity contribution in [1.29, 1.82) is 0 Å². The van der Waals surface area contributed by atoms with Gasteiger partial charge in [0.25, 0.3) is 0 Å². The number of rotatable bonds is 3. The molecule has 24 heavy (non-hydrogen) atoms. The number of carbonyl (C=O) groups excluding carboxylic acids is 3. The minimum absolute atomic E-state index is 0.106. The molecule has 1 aromatic rings. The maximum atomic E-state index is 12.8. The molecule has 7 heteroatoms. The van der Waals surface area contributed by atoms with Crippen LogP contribution in [0.2, 0.25) is 0 Å². The third kappa shape index (κ3) is 2.38. The average Bonchev–Trinajstić information content (AvgIpc) is 2.76. The summed E-state index contributed by atoms with van der Waals surface area (Å²) in [6.07, 6.45) is 1.13. The number of ketones is 3. The van der Waals surface area contributed by atoms with Crippen LogP contribution in [0.15, 0.2) is 17.0 Å². The lowest BCUT2D eigenvalue weighted by Crippen LogP contribution is -2.35. The zero-order valence-electron chi connectivity index (χ0n) is 13.5. The van der Waals surface area contributed by atoms with E-state index >= 15 is 0 Å². The van der Waals surface area contributed by atoms with Gasteiger partial charge in [-0.1, -0.05) is 0 Å². The summed E-state index contributed by atoms with van der Waals surface area (Å²) in [6.45, 7) is 1.60. The van der Waals surface area contributed by atoms with Crippen LogP contribution in [-0.2, 0) is 25.8 Å². The Hall–Kier alpha value is -2.02. The van der Waals surface area contributed by atoms with Gasteiger partial charge in [-0.15, -0.1) is 0 Å². The maximum Gasteiger partial charge on any atom is 0.184 e. The molecular weight excluding hydrogens is 332 g/mol. The molecule has 0 aromatic heterocycles. The van der Waals surface area contributed by atoms with Gasteiger partial charge in [-0.3, -0.25) is 14.4 Å². The van der Waals surface area contributed by atoms with Crippen molar-refractivity contribution in [2.75, 3.05) is 7.11 Å². The third-order valence-electron chi connectivity index (χ3n) is 4.77. The maximum absolute atomic E-state index is 12.8. The predicted octanol–water partition coefficient (Wildman–Crippen LogP) is 1.53. The minimum Gasteiger partial charge on any atom is -0.496 e. The summed E-state index contributed by atoms with van der Waals surface area (Å²) in [4.78, 5) is 37.0. The van der Waals surface area contributed by atoms with Gasteiger partial charge < -0.3 is 4.74 Å². The summed E-state index contributed by atoms with van der Waals surface area (Å²) >= 11 is 0. The number of fused-ring (bicyclic) bond motifs is 1. The standard InChI is InChI=1S/C17H18O6S/c1-9-8-11-14(24(9,21)22)7-6-10(17(11)23-2)16(20)15-12(18)4-3-5-13(15)19/h6-7,9,15H,3-5,8H2,1-2H3. The van der Waals surface area contributed by atoms with Crippen molar-refractivity contribution in [1.82, 2.24) is 0 Å². The highest BCUT2D eigenvalue weighted by molar-refractivity contribution is 7.92. The molecule has 0 radical (unpaired) electrons. The van der Waals surface area contributed by atoms with Crippen LogP contribution in [0.4, 0.5) is 0 Å². The van der Waals surface area contributed by atoms with Crippen LogP contribution < -0.4 is 4.74 Å². The van der Waals surface area contributed by atoms with E-state index in [1.54, 1.807) is 6.92 Å². The van der Waals surface area contributed by atoms with Crippen molar-refractivity contribution < 1.29 is 27.5 Å².